The number of alkyl carbamates (subject to hydrolysis) is 1. The van der Waals surface area contributed by atoms with E-state index in [9.17, 15) is 4.79 Å². The molecule has 1 aliphatic carbocycles. The minimum Gasteiger partial charge on any atom is -0.443 e. The van der Waals surface area contributed by atoms with Gasteiger partial charge in [0.05, 0.1) is 0 Å². The predicted octanol–water partition coefficient (Wildman–Crippen LogP) is 4.61. The Morgan fingerprint density at radius 2 is 2.00 bits per heavy atom. The minimum absolute atomic E-state index is 0.265. The molecule has 1 aromatic carbocycles. The number of hydrogen-bond donors (Lipinski definition) is 1. The summed E-state index contributed by atoms with van der Waals surface area (Å²) in [5.41, 5.74) is 2.03. The summed E-state index contributed by atoms with van der Waals surface area (Å²) < 4.78 is 6.79. The summed E-state index contributed by atoms with van der Waals surface area (Å²) in [5.74, 6) is 0. The Morgan fingerprint density at radius 1 is 1.33 bits per heavy atom. The Labute approximate surface area is 135 Å². The quantitative estimate of drug-likeness (QED) is 0.857. The summed E-state index contributed by atoms with van der Waals surface area (Å²) in [5, 5.41) is 2.87. The molecule has 0 radical (unpaired) electrons. The lowest BCUT2D eigenvalue weighted by molar-refractivity contribution is 0.0768. The third-order valence-corrected chi connectivity index (χ3v) is 4.15. The first-order chi connectivity index (χ1) is 9.73. The van der Waals surface area contributed by atoms with Gasteiger partial charge < -0.3 is 10.1 Å². The average Bonchev–Trinajstić information content (AvgIpc) is 3.08. The monoisotopic (exact) mass is 353 g/mol. The van der Waals surface area contributed by atoms with Crippen molar-refractivity contribution in [1.29, 1.82) is 0 Å². The fourth-order valence-corrected chi connectivity index (χ4v) is 2.83. The normalized spacial score (nSPS) is 16.4. The highest BCUT2D eigenvalue weighted by Gasteiger charge is 2.47. The van der Waals surface area contributed by atoms with Gasteiger partial charge in [0, 0.05) is 16.4 Å². The Kier molecular flexibility index (Phi) is 4.66. The zero-order valence-electron chi connectivity index (χ0n) is 13.3. The van der Waals surface area contributed by atoms with Crippen LogP contribution in [-0.2, 0) is 17.6 Å². The van der Waals surface area contributed by atoms with Crippen molar-refractivity contribution < 1.29 is 9.53 Å². The molecule has 1 saturated carbocycles. The summed E-state index contributed by atoms with van der Waals surface area (Å²) in [7, 11) is 0. The van der Waals surface area contributed by atoms with Gasteiger partial charge in [-0.05, 0) is 63.3 Å². The molecule has 4 heteroatoms. The predicted molar refractivity (Wildman–Crippen MR) is 88.6 cm³/mol. The fraction of sp³-hybridized carbons (Fsp3) is 0.588. The lowest BCUT2D eigenvalue weighted by Crippen LogP contribution is -2.43. The number of rotatable bonds is 4. The lowest BCUT2D eigenvalue weighted by atomic mass is 9.99. The molecule has 0 unspecified atom stereocenters. The molecule has 1 amide bonds. The van der Waals surface area contributed by atoms with Gasteiger partial charge in [-0.2, -0.15) is 0 Å². The van der Waals surface area contributed by atoms with Gasteiger partial charge in [-0.3, -0.25) is 0 Å². The molecule has 0 aromatic heterocycles. The molecule has 0 saturated heterocycles. The highest BCUT2D eigenvalue weighted by atomic mass is 79.9. The number of nitrogens with one attached hydrogen (secondary N) is 1. The molecule has 1 aromatic rings. The zero-order chi connectivity index (χ0) is 15.7. The Bertz CT molecular complexity index is 530. The summed E-state index contributed by atoms with van der Waals surface area (Å²) >= 11 is 3.51. The first-order valence-corrected chi connectivity index (χ1v) is 8.31. The van der Waals surface area contributed by atoms with Gasteiger partial charge >= 0.3 is 6.09 Å². The number of amides is 1. The summed E-state index contributed by atoms with van der Waals surface area (Å²) in [6.07, 6.45) is 3.38. The van der Waals surface area contributed by atoms with Gasteiger partial charge in [-0.25, -0.2) is 4.79 Å². The van der Waals surface area contributed by atoms with E-state index in [1.807, 2.05) is 20.8 Å². The molecule has 1 fully saturated rings. The van der Waals surface area contributed by atoms with Crippen LogP contribution in [0.15, 0.2) is 22.7 Å². The summed E-state index contributed by atoms with van der Waals surface area (Å²) in [6, 6.07) is 6.34. The van der Waals surface area contributed by atoms with Crippen LogP contribution in [-0.4, -0.2) is 17.2 Å². The van der Waals surface area contributed by atoms with Gasteiger partial charge in [0.25, 0.3) is 0 Å². The van der Waals surface area contributed by atoms with E-state index in [4.69, 9.17) is 4.74 Å². The average molecular weight is 354 g/mol. The van der Waals surface area contributed by atoms with E-state index in [0.29, 0.717) is 0 Å². The molecule has 1 N–H and O–H groups in total. The summed E-state index contributed by atoms with van der Waals surface area (Å²) in [4.78, 5) is 12.0. The zero-order valence-corrected chi connectivity index (χ0v) is 14.8. The standard InChI is InChI=1S/C17H24BrNO2/c1-5-12-10-14(18)7-6-13(12)11-17(8-9-17)21-15(20)19-16(2,3)4/h6-7,10H,5,8-9,11H2,1-4H3,(H,19,20). The summed E-state index contributed by atoms with van der Waals surface area (Å²) in [6.45, 7) is 8.02. The Morgan fingerprint density at radius 3 is 2.52 bits per heavy atom. The second kappa shape index (κ2) is 5.99. The number of hydrogen-bond acceptors (Lipinski definition) is 2. The van der Waals surface area contributed by atoms with E-state index in [2.05, 4.69) is 46.4 Å². The lowest BCUT2D eigenvalue weighted by Gasteiger charge is -2.24. The topological polar surface area (TPSA) is 38.3 Å². The van der Waals surface area contributed by atoms with Crippen LogP contribution in [0.4, 0.5) is 4.79 Å². The van der Waals surface area contributed by atoms with Crippen molar-refractivity contribution >= 4 is 22.0 Å². The second-order valence-corrected chi connectivity index (χ2v) is 7.81. The maximum Gasteiger partial charge on any atom is 0.408 e. The van der Waals surface area contributed by atoms with E-state index in [1.54, 1.807) is 0 Å². The highest BCUT2D eigenvalue weighted by Crippen LogP contribution is 2.43. The second-order valence-electron chi connectivity index (χ2n) is 6.89. The van der Waals surface area contributed by atoms with E-state index in [1.165, 1.54) is 11.1 Å². The smallest absolute Gasteiger partial charge is 0.408 e. The molecule has 2 rings (SSSR count). The van der Waals surface area contributed by atoms with Crippen molar-refractivity contribution in [2.24, 2.45) is 0 Å². The van der Waals surface area contributed by atoms with E-state index < -0.39 is 0 Å². The van der Waals surface area contributed by atoms with Crippen molar-refractivity contribution in [2.45, 2.75) is 64.5 Å². The van der Waals surface area contributed by atoms with Gasteiger partial charge in [0.15, 0.2) is 0 Å². The number of benzene rings is 1. The molecule has 0 atom stereocenters. The van der Waals surface area contributed by atoms with Crippen molar-refractivity contribution in [1.82, 2.24) is 5.32 Å². The van der Waals surface area contributed by atoms with Crippen molar-refractivity contribution in [3.05, 3.63) is 33.8 Å². The van der Waals surface area contributed by atoms with Crippen LogP contribution in [0.25, 0.3) is 0 Å². The molecular formula is C17H24BrNO2. The van der Waals surface area contributed by atoms with Crippen LogP contribution in [0.2, 0.25) is 0 Å². The maximum absolute atomic E-state index is 12.0. The maximum atomic E-state index is 12.0. The Balaban J connectivity index is 2.04. The van der Waals surface area contributed by atoms with Gasteiger partial charge in [-0.15, -0.1) is 0 Å². The van der Waals surface area contributed by atoms with Gasteiger partial charge in [-0.1, -0.05) is 28.9 Å². The molecule has 116 valence electrons. The van der Waals surface area contributed by atoms with Crippen molar-refractivity contribution in [3.8, 4) is 0 Å². The molecule has 1 aliphatic rings. The number of carbonyl (C=O) groups is 1. The molecule has 3 nitrogen and oxygen atoms in total. The van der Waals surface area contributed by atoms with Crippen LogP contribution < -0.4 is 5.32 Å². The van der Waals surface area contributed by atoms with Crippen molar-refractivity contribution in [2.75, 3.05) is 0 Å². The fourth-order valence-electron chi connectivity index (χ4n) is 2.43. The molecule has 0 aliphatic heterocycles. The van der Waals surface area contributed by atoms with Gasteiger partial charge in [0.1, 0.15) is 5.60 Å². The van der Waals surface area contributed by atoms with Crippen LogP contribution in [0.3, 0.4) is 0 Å². The van der Waals surface area contributed by atoms with Crippen LogP contribution in [0.5, 0.6) is 0 Å². The minimum atomic E-state index is -0.310. The largest absolute Gasteiger partial charge is 0.443 e. The Hall–Kier alpha value is -1.03. The highest BCUT2D eigenvalue weighted by molar-refractivity contribution is 9.10. The SMILES string of the molecule is CCc1cc(Br)ccc1CC1(OC(=O)NC(C)(C)C)CC1. The van der Waals surface area contributed by atoms with Crippen LogP contribution >= 0.6 is 15.9 Å². The third-order valence-electron chi connectivity index (χ3n) is 3.66. The van der Waals surface area contributed by atoms with E-state index in [-0.39, 0.29) is 17.2 Å². The van der Waals surface area contributed by atoms with Crippen LogP contribution in [0.1, 0.15) is 51.7 Å². The molecule has 0 bridgehead atoms. The first-order valence-electron chi connectivity index (χ1n) is 7.51. The molecule has 0 spiro atoms. The van der Waals surface area contributed by atoms with Gasteiger partial charge in [0.2, 0.25) is 0 Å². The number of ether oxygens (including phenoxy) is 1. The molecular weight excluding hydrogens is 330 g/mol. The number of aryl methyl sites for hydroxylation is 1. The molecule has 0 heterocycles. The van der Waals surface area contributed by atoms with E-state index >= 15 is 0 Å². The number of carbonyl (C=O) groups excluding carboxylic acids is 1. The van der Waals surface area contributed by atoms with E-state index in [0.717, 1.165) is 30.2 Å². The van der Waals surface area contributed by atoms with Crippen molar-refractivity contribution in [3.63, 3.8) is 0 Å². The third kappa shape index (κ3) is 4.73. The van der Waals surface area contributed by atoms with Crippen LogP contribution in [0, 0.1) is 0 Å². The molecule has 21 heavy (non-hydrogen) atoms. The number of halogens is 1. The first kappa shape index (κ1) is 16.3.